The molecule has 1 amide bonds. The molecule has 2 aromatic carbocycles. The van der Waals surface area contributed by atoms with Crippen molar-refractivity contribution in [3.8, 4) is 11.8 Å². The zero-order chi connectivity index (χ0) is 23.5. The van der Waals surface area contributed by atoms with Gasteiger partial charge in [0.2, 0.25) is 0 Å². The summed E-state index contributed by atoms with van der Waals surface area (Å²) in [7, 11) is 0. The summed E-state index contributed by atoms with van der Waals surface area (Å²) >= 11 is 0. The molecule has 3 aromatic rings. The van der Waals surface area contributed by atoms with Gasteiger partial charge >= 0.3 is 0 Å². The summed E-state index contributed by atoms with van der Waals surface area (Å²) < 4.78 is 11.4. The average Bonchev–Trinajstić information content (AvgIpc) is 3.38. The molecule has 1 saturated heterocycles. The first-order chi connectivity index (χ1) is 15.9. The topological polar surface area (TPSA) is 104 Å². The number of nitrogens with zero attached hydrogens (tertiary/aromatic N) is 2. The summed E-state index contributed by atoms with van der Waals surface area (Å²) in [5.41, 5.74) is 1.11. The molecule has 166 valence electrons. The van der Waals surface area contributed by atoms with Gasteiger partial charge in [0.05, 0.1) is 23.8 Å². The van der Waals surface area contributed by atoms with Crippen LogP contribution in [-0.4, -0.2) is 23.4 Å². The predicted octanol–water partition coefficient (Wildman–Crippen LogP) is 4.87. The van der Waals surface area contributed by atoms with E-state index in [1.165, 1.54) is 4.90 Å². The molecule has 1 atom stereocenters. The van der Waals surface area contributed by atoms with Crippen molar-refractivity contribution in [2.75, 3.05) is 11.5 Å². The number of carbonyl (C=O) groups excluding carboxylic acids is 2. The molecular weight excluding hydrogens is 420 g/mol. The minimum Gasteiger partial charge on any atom is -0.507 e. The Bertz CT molecular complexity index is 1280. The molecule has 0 saturated carbocycles. The standard InChI is InChI=1S/C26H22N2O5/c1-3-13-32-20-6-4-5-18(14-20)24(29)22-23(21-12-7-16(2)33-21)28(26(31)25(22)30)19-10-8-17(15-27)9-11-19/h4-12,14,23,29H,3,13H2,1-2H3/b24-22-. The number of nitriles is 1. The number of ether oxygens (including phenoxy) is 1. The fourth-order valence-electron chi connectivity index (χ4n) is 3.77. The maximum atomic E-state index is 13.1. The number of hydrogen-bond donors (Lipinski definition) is 1. The molecule has 0 bridgehead atoms. The number of Topliss-reactive ketones (excluding diaryl/α,β-unsaturated/α-hetero) is 1. The van der Waals surface area contributed by atoms with Gasteiger partial charge in [0.25, 0.3) is 11.7 Å². The van der Waals surface area contributed by atoms with Crippen molar-refractivity contribution in [1.29, 1.82) is 5.26 Å². The molecule has 0 spiro atoms. The normalized spacial score (nSPS) is 17.2. The Morgan fingerprint density at radius 1 is 1.15 bits per heavy atom. The van der Waals surface area contributed by atoms with E-state index in [9.17, 15) is 14.7 Å². The highest BCUT2D eigenvalue weighted by atomic mass is 16.5. The van der Waals surface area contributed by atoms with Gasteiger partial charge in [-0.15, -0.1) is 0 Å². The van der Waals surface area contributed by atoms with Gasteiger partial charge < -0.3 is 14.3 Å². The molecule has 7 nitrogen and oxygen atoms in total. The SMILES string of the molecule is CCCOc1cccc(/C(O)=C2/C(=O)C(=O)N(c3ccc(C#N)cc3)C2c2ccc(C)o2)c1. The largest absolute Gasteiger partial charge is 0.507 e. The number of furan rings is 1. The Hall–Kier alpha value is -4.31. The number of benzene rings is 2. The van der Waals surface area contributed by atoms with Gasteiger partial charge in [-0.3, -0.25) is 14.5 Å². The minimum absolute atomic E-state index is 0.0775. The molecule has 1 aliphatic rings. The van der Waals surface area contributed by atoms with E-state index in [-0.39, 0.29) is 11.3 Å². The number of aliphatic hydroxyl groups is 1. The third-order valence-corrected chi connectivity index (χ3v) is 5.33. The molecule has 1 aromatic heterocycles. The van der Waals surface area contributed by atoms with Gasteiger partial charge in [-0.05, 0) is 61.9 Å². The van der Waals surface area contributed by atoms with Crippen LogP contribution in [0.3, 0.4) is 0 Å². The number of rotatable bonds is 6. The van der Waals surface area contributed by atoms with Crippen LogP contribution in [0.4, 0.5) is 5.69 Å². The predicted molar refractivity (Wildman–Crippen MR) is 122 cm³/mol. The van der Waals surface area contributed by atoms with Crippen molar-refractivity contribution >= 4 is 23.1 Å². The lowest BCUT2D eigenvalue weighted by Gasteiger charge is -2.23. The Morgan fingerprint density at radius 2 is 1.91 bits per heavy atom. The molecule has 1 aliphatic heterocycles. The van der Waals surface area contributed by atoms with Crippen LogP contribution in [0.15, 0.2) is 70.7 Å². The Kier molecular flexibility index (Phi) is 6.01. The van der Waals surface area contributed by atoms with Gasteiger partial charge in [0.15, 0.2) is 0 Å². The van der Waals surface area contributed by atoms with Crippen LogP contribution in [0.2, 0.25) is 0 Å². The second-order valence-electron chi connectivity index (χ2n) is 7.65. The zero-order valence-corrected chi connectivity index (χ0v) is 18.2. The number of aliphatic hydroxyl groups excluding tert-OH is 1. The van der Waals surface area contributed by atoms with Gasteiger partial charge in [0, 0.05) is 11.3 Å². The molecular formula is C26H22N2O5. The van der Waals surface area contributed by atoms with E-state index in [1.807, 2.05) is 13.0 Å². The first-order valence-corrected chi connectivity index (χ1v) is 10.5. The smallest absolute Gasteiger partial charge is 0.300 e. The van der Waals surface area contributed by atoms with Gasteiger partial charge in [-0.2, -0.15) is 5.26 Å². The summed E-state index contributed by atoms with van der Waals surface area (Å²) in [5.74, 6) is -0.436. The second-order valence-corrected chi connectivity index (χ2v) is 7.65. The lowest BCUT2D eigenvalue weighted by atomic mass is 9.99. The third-order valence-electron chi connectivity index (χ3n) is 5.33. The molecule has 33 heavy (non-hydrogen) atoms. The summed E-state index contributed by atoms with van der Waals surface area (Å²) in [5, 5.41) is 20.3. The average molecular weight is 442 g/mol. The third kappa shape index (κ3) is 4.11. The first-order valence-electron chi connectivity index (χ1n) is 10.5. The number of hydrogen-bond acceptors (Lipinski definition) is 6. The van der Waals surface area contributed by atoms with Gasteiger partial charge in [-0.25, -0.2) is 0 Å². The minimum atomic E-state index is -0.966. The fourth-order valence-corrected chi connectivity index (χ4v) is 3.77. The Balaban J connectivity index is 1.86. The molecule has 1 unspecified atom stereocenters. The highest BCUT2D eigenvalue weighted by molar-refractivity contribution is 6.51. The van der Waals surface area contributed by atoms with Crippen LogP contribution in [0.25, 0.3) is 5.76 Å². The van der Waals surface area contributed by atoms with E-state index in [0.29, 0.717) is 40.7 Å². The maximum Gasteiger partial charge on any atom is 0.300 e. The maximum absolute atomic E-state index is 13.1. The van der Waals surface area contributed by atoms with E-state index in [2.05, 4.69) is 0 Å². The number of carbonyl (C=O) groups is 2. The highest BCUT2D eigenvalue weighted by Gasteiger charge is 2.48. The number of ketones is 1. The van der Waals surface area contributed by atoms with E-state index in [1.54, 1.807) is 67.6 Å². The van der Waals surface area contributed by atoms with Gasteiger partial charge in [-0.1, -0.05) is 19.1 Å². The number of amides is 1. The van der Waals surface area contributed by atoms with Crippen molar-refractivity contribution in [2.24, 2.45) is 0 Å². The fraction of sp³-hybridized carbons (Fsp3) is 0.192. The Morgan fingerprint density at radius 3 is 2.55 bits per heavy atom. The van der Waals surface area contributed by atoms with E-state index in [0.717, 1.165) is 6.42 Å². The van der Waals surface area contributed by atoms with E-state index < -0.39 is 17.7 Å². The van der Waals surface area contributed by atoms with Crippen LogP contribution < -0.4 is 9.64 Å². The van der Waals surface area contributed by atoms with Crippen LogP contribution >= 0.6 is 0 Å². The molecule has 1 fully saturated rings. The van der Waals surface area contributed by atoms with Crippen molar-refractivity contribution in [2.45, 2.75) is 26.3 Å². The molecule has 1 N–H and O–H groups in total. The van der Waals surface area contributed by atoms with Crippen molar-refractivity contribution in [3.05, 3.63) is 88.9 Å². The molecule has 0 radical (unpaired) electrons. The second kappa shape index (κ2) is 9.05. The summed E-state index contributed by atoms with van der Waals surface area (Å²) in [6, 6.07) is 17.5. The quantitative estimate of drug-likeness (QED) is 0.332. The van der Waals surface area contributed by atoms with Crippen LogP contribution in [0.5, 0.6) is 5.75 Å². The van der Waals surface area contributed by atoms with Crippen molar-refractivity contribution < 1.29 is 23.8 Å². The number of aryl methyl sites for hydroxylation is 1. The van der Waals surface area contributed by atoms with Crippen molar-refractivity contribution in [3.63, 3.8) is 0 Å². The van der Waals surface area contributed by atoms with Crippen molar-refractivity contribution in [1.82, 2.24) is 0 Å². The first kappa shape index (κ1) is 21.9. The van der Waals surface area contributed by atoms with Crippen LogP contribution in [0.1, 0.15) is 42.0 Å². The summed E-state index contributed by atoms with van der Waals surface area (Å²) in [6.07, 6.45) is 0.823. The van der Waals surface area contributed by atoms with Crippen LogP contribution in [-0.2, 0) is 9.59 Å². The summed E-state index contributed by atoms with van der Waals surface area (Å²) in [4.78, 5) is 27.5. The highest BCUT2D eigenvalue weighted by Crippen LogP contribution is 2.42. The monoisotopic (exact) mass is 442 g/mol. The van der Waals surface area contributed by atoms with Gasteiger partial charge in [0.1, 0.15) is 29.1 Å². The lowest BCUT2D eigenvalue weighted by molar-refractivity contribution is -0.132. The van der Waals surface area contributed by atoms with E-state index >= 15 is 0 Å². The number of anilines is 1. The summed E-state index contributed by atoms with van der Waals surface area (Å²) in [6.45, 7) is 4.25. The zero-order valence-electron chi connectivity index (χ0n) is 18.2. The molecule has 7 heteroatoms. The Labute approximate surface area is 191 Å². The molecule has 4 rings (SSSR count). The molecule has 0 aliphatic carbocycles. The van der Waals surface area contributed by atoms with Crippen LogP contribution in [0, 0.1) is 18.3 Å². The molecule has 2 heterocycles. The van der Waals surface area contributed by atoms with E-state index in [4.69, 9.17) is 14.4 Å². The lowest BCUT2D eigenvalue weighted by Crippen LogP contribution is -2.29.